The van der Waals surface area contributed by atoms with Gasteiger partial charge < -0.3 is 11.1 Å². The van der Waals surface area contributed by atoms with Crippen molar-refractivity contribution < 1.29 is 0 Å². The second-order valence-electron chi connectivity index (χ2n) is 4.14. The van der Waals surface area contributed by atoms with Crippen LogP contribution in [0.2, 0.25) is 0 Å². The summed E-state index contributed by atoms with van der Waals surface area (Å²) >= 11 is 0. The van der Waals surface area contributed by atoms with Crippen LogP contribution in [0.15, 0.2) is 0 Å². The van der Waals surface area contributed by atoms with E-state index < -0.39 is 0 Å². The molecule has 0 aliphatic heterocycles. The number of rotatable bonds is 9. The Morgan fingerprint density at radius 2 is 1.93 bits per heavy atom. The molecule has 0 bridgehead atoms. The monoisotopic (exact) mass is 200 g/mol. The maximum atomic E-state index is 5.73. The van der Waals surface area contributed by atoms with Gasteiger partial charge in [0.1, 0.15) is 0 Å². The lowest BCUT2D eigenvalue weighted by molar-refractivity contribution is 0.355. The number of likely N-dealkylation sites (N-methyl/N-ethyl adjacent to an activating group) is 1. The Bertz CT molecular complexity index is 115. The van der Waals surface area contributed by atoms with E-state index in [4.69, 9.17) is 5.73 Å². The van der Waals surface area contributed by atoms with Crippen LogP contribution in [0.25, 0.3) is 0 Å². The van der Waals surface area contributed by atoms with E-state index in [0.29, 0.717) is 6.04 Å². The van der Waals surface area contributed by atoms with Crippen molar-refractivity contribution in [2.45, 2.75) is 58.9 Å². The maximum absolute atomic E-state index is 5.73. The van der Waals surface area contributed by atoms with Gasteiger partial charge >= 0.3 is 0 Å². The van der Waals surface area contributed by atoms with Gasteiger partial charge in [-0.1, -0.05) is 46.5 Å². The molecule has 0 spiro atoms. The van der Waals surface area contributed by atoms with Gasteiger partial charge in [0.05, 0.1) is 0 Å². The summed E-state index contributed by atoms with van der Waals surface area (Å²) in [6, 6.07) is 0.529. The highest BCUT2D eigenvalue weighted by Crippen LogP contribution is 2.18. The Morgan fingerprint density at radius 1 is 1.21 bits per heavy atom. The molecule has 0 aromatic heterocycles. The van der Waals surface area contributed by atoms with Gasteiger partial charge in [-0.3, -0.25) is 0 Å². The van der Waals surface area contributed by atoms with E-state index in [1.54, 1.807) is 0 Å². The lowest BCUT2D eigenvalue weighted by Crippen LogP contribution is -2.37. The molecule has 2 nitrogen and oxygen atoms in total. The van der Waals surface area contributed by atoms with Crippen LogP contribution in [0.3, 0.4) is 0 Å². The molecule has 0 rings (SSSR count). The van der Waals surface area contributed by atoms with Crippen LogP contribution in [0.4, 0.5) is 0 Å². The lowest BCUT2D eigenvalue weighted by Gasteiger charge is -2.22. The van der Waals surface area contributed by atoms with E-state index in [1.165, 1.54) is 32.1 Å². The second kappa shape index (κ2) is 9.47. The molecular weight excluding hydrogens is 172 g/mol. The Kier molecular flexibility index (Phi) is 9.42. The van der Waals surface area contributed by atoms with Crippen molar-refractivity contribution in [1.82, 2.24) is 5.32 Å². The Hall–Kier alpha value is -0.0800. The Morgan fingerprint density at radius 3 is 2.36 bits per heavy atom. The van der Waals surface area contributed by atoms with Crippen LogP contribution in [-0.2, 0) is 0 Å². The smallest absolute Gasteiger partial charge is 0.0192 e. The maximum Gasteiger partial charge on any atom is 0.0192 e. The minimum absolute atomic E-state index is 0.529. The van der Waals surface area contributed by atoms with E-state index in [1.807, 2.05) is 0 Å². The fourth-order valence-corrected chi connectivity index (χ4v) is 1.94. The van der Waals surface area contributed by atoms with Gasteiger partial charge in [-0.15, -0.1) is 0 Å². The minimum atomic E-state index is 0.529. The quantitative estimate of drug-likeness (QED) is 0.600. The first-order valence-corrected chi connectivity index (χ1v) is 6.21. The van der Waals surface area contributed by atoms with Gasteiger partial charge in [-0.05, 0) is 18.9 Å². The molecule has 2 heteroatoms. The third-order valence-electron chi connectivity index (χ3n) is 2.94. The van der Waals surface area contributed by atoms with Crippen molar-refractivity contribution >= 4 is 0 Å². The summed E-state index contributed by atoms with van der Waals surface area (Å²) in [6.07, 6.45) is 6.59. The van der Waals surface area contributed by atoms with Crippen LogP contribution >= 0.6 is 0 Å². The molecule has 3 N–H and O–H groups in total. The first-order valence-electron chi connectivity index (χ1n) is 6.21. The SMILES string of the molecule is CCCCC(CC)CC(CN)NCC. The minimum Gasteiger partial charge on any atom is -0.329 e. The largest absolute Gasteiger partial charge is 0.329 e. The fourth-order valence-electron chi connectivity index (χ4n) is 1.94. The topological polar surface area (TPSA) is 38.0 Å². The third kappa shape index (κ3) is 6.39. The van der Waals surface area contributed by atoms with Gasteiger partial charge in [0.15, 0.2) is 0 Å². The molecule has 0 saturated carbocycles. The van der Waals surface area contributed by atoms with Gasteiger partial charge in [0.25, 0.3) is 0 Å². The molecule has 0 radical (unpaired) electrons. The molecule has 0 heterocycles. The van der Waals surface area contributed by atoms with E-state index in [9.17, 15) is 0 Å². The van der Waals surface area contributed by atoms with E-state index in [2.05, 4.69) is 26.1 Å². The summed E-state index contributed by atoms with van der Waals surface area (Å²) in [5, 5.41) is 3.45. The number of unbranched alkanes of at least 4 members (excludes halogenated alkanes) is 1. The van der Waals surface area contributed by atoms with Crippen LogP contribution in [0.1, 0.15) is 52.9 Å². The van der Waals surface area contributed by atoms with Crippen molar-refractivity contribution in [2.24, 2.45) is 11.7 Å². The second-order valence-corrected chi connectivity index (χ2v) is 4.14. The molecule has 0 amide bonds. The molecule has 86 valence electrons. The number of hydrogen-bond acceptors (Lipinski definition) is 2. The normalized spacial score (nSPS) is 15.4. The van der Waals surface area contributed by atoms with E-state index in [-0.39, 0.29) is 0 Å². The van der Waals surface area contributed by atoms with Gasteiger partial charge in [0.2, 0.25) is 0 Å². The van der Waals surface area contributed by atoms with Crippen molar-refractivity contribution in [2.75, 3.05) is 13.1 Å². The molecular formula is C12H28N2. The fraction of sp³-hybridized carbons (Fsp3) is 1.00. The zero-order valence-corrected chi connectivity index (χ0v) is 10.2. The Balaban J connectivity index is 3.75. The van der Waals surface area contributed by atoms with Crippen LogP contribution in [0, 0.1) is 5.92 Å². The summed E-state index contributed by atoms with van der Waals surface area (Å²) in [6.45, 7) is 8.51. The van der Waals surface area contributed by atoms with Gasteiger partial charge in [-0.2, -0.15) is 0 Å². The zero-order chi connectivity index (χ0) is 10.8. The molecule has 2 atom stereocenters. The molecule has 2 unspecified atom stereocenters. The van der Waals surface area contributed by atoms with Gasteiger partial charge in [-0.25, -0.2) is 0 Å². The average molecular weight is 200 g/mol. The van der Waals surface area contributed by atoms with Crippen LogP contribution in [-0.4, -0.2) is 19.1 Å². The Labute approximate surface area is 89.6 Å². The van der Waals surface area contributed by atoms with Gasteiger partial charge in [0, 0.05) is 12.6 Å². The lowest BCUT2D eigenvalue weighted by atomic mass is 9.92. The molecule has 0 aromatic carbocycles. The van der Waals surface area contributed by atoms with Crippen molar-refractivity contribution in [1.29, 1.82) is 0 Å². The highest BCUT2D eigenvalue weighted by atomic mass is 14.9. The summed E-state index contributed by atoms with van der Waals surface area (Å²) in [5.74, 6) is 0.863. The molecule has 0 aromatic rings. The number of nitrogens with one attached hydrogen (secondary N) is 1. The summed E-state index contributed by atoms with van der Waals surface area (Å²) < 4.78 is 0. The van der Waals surface area contributed by atoms with E-state index in [0.717, 1.165) is 19.0 Å². The predicted molar refractivity (Wildman–Crippen MR) is 64.4 cm³/mol. The number of nitrogens with two attached hydrogens (primary N) is 1. The van der Waals surface area contributed by atoms with Crippen molar-refractivity contribution in [3.8, 4) is 0 Å². The first kappa shape index (κ1) is 13.9. The molecule has 0 aliphatic rings. The van der Waals surface area contributed by atoms with E-state index >= 15 is 0 Å². The average Bonchev–Trinajstić information content (AvgIpc) is 2.22. The highest BCUT2D eigenvalue weighted by Gasteiger charge is 2.12. The third-order valence-corrected chi connectivity index (χ3v) is 2.94. The summed E-state index contributed by atoms with van der Waals surface area (Å²) in [5.41, 5.74) is 5.73. The van der Waals surface area contributed by atoms with Crippen molar-refractivity contribution in [3.05, 3.63) is 0 Å². The predicted octanol–water partition coefficient (Wildman–Crippen LogP) is 2.53. The molecule has 0 saturated heterocycles. The van der Waals surface area contributed by atoms with Crippen molar-refractivity contribution in [3.63, 3.8) is 0 Å². The van der Waals surface area contributed by atoms with Crippen LogP contribution < -0.4 is 11.1 Å². The number of hydrogen-bond donors (Lipinski definition) is 2. The highest BCUT2D eigenvalue weighted by molar-refractivity contribution is 4.71. The standard InChI is InChI=1S/C12H28N2/c1-4-7-8-11(5-2)9-12(10-13)14-6-3/h11-12,14H,4-10,13H2,1-3H3. The summed E-state index contributed by atoms with van der Waals surface area (Å²) in [4.78, 5) is 0. The molecule has 0 aliphatic carbocycles. The van der Waals surface area contributed by atoms with Crippen LogP contribution in [0.5, 0.6) is 0 Å². The molecule has 14 heavy (non-hydrogen) atoms. The molecule has 0 fully saturated rings. The zero-order valence-electron chi connectivity index (χ0n) is 10.2. The first-order chi connectivity index (χ1) is 6.78. The summed E-state index contributed by atoms with van der Waals surface area (Å²) in [7, 11) is 0.